The van der Waals surface area contributed by atoms with E-state index in [2.05, 4.69) is 59.9 Å². The van der Waals surface area contributed by atoms with Crippen molar-refractivity contribution in [2.45, 2.75) is 0 Å². The molecule has 3 aromatic heterocycles. The number of fused-ring (bicyclic) bond motifs is 8. The number of anilines is 1. The molecule has 2 aliphatic heterocycles. The van der Waals surface area contributed by atoms with Gasteiger partial charge < -0.3 is 9.97 Å². The quantitative estimate of drug-likeness (QED) is 0.275. The molecule has 32 heavy (non-hydrogen) atoms. The van der Waals surface area contributed by atoms with Gasteiger partial charge in [0, 0.05) is 22.1 Å². The molecule has 0 unspecified atom stereocenters. The molecule has 0 amide bonds. The Hall–Kier alpha value is -3.87. The summed E-state index contributed by atoms with van der Waals surface area (Å²) in [4.78, 5) is 16.0. The Balaban J connectivity index is 0.000000230. The first kappa shape index (κ1) is 20.1. The van der Waals surface area contributed by atoms with Crippen LogP contribution < -0.4 is 10.2 Å². The molecule has 0 saturated carbocycles. The summed E-state index contributed by atoms with van der Waals surface area (Å²) in [7, 11) is 0. The van der Waals surface area contributed by atoms with Gasteiger partial charge in [-0.3, -0.25) is 0 Å². The number of nitrogens with zero attached hydrogens (tertiary/aromatic N) is 2. The second kappa shape index (κ2) is 8.70. The molecule has 1 aromatic carbocycles. The van der Waals surface area contributed by atoms with Crippen LogP contribution in [0, 0.1) is 0 Å². The summed E-state index contributed by atoms with van der Waals surface area (Å²) in [5.74, 6) is 0. The predicted octanol–water partition coefficient (Wildman–Crippen LogP) is 5.10. The molecule has 4 aromatic rings. The number of aromatic nitrogens is 4. The predicted molar refractivity (Wildman–Crippen MR) is 129 cm³/mol. The SMILES string of the molecule is C1=Cc2cc3ccc(cc4nc(cc5ccc(cc1n2)[nH]5)C=C4)[nH]3.Nc1cc[c]([Co])cc1. The molecule has 5 nitrogen and oxygen atoms in total. The van der Waals surface area contributed by atoms with Crippen LogP contribution >= 0.6 is 0 Å². The first-order chi connectivity index (χ1) is 15.6. The van der Waals surface area contributed by atoms with Crippen molar-refractivity contribution in [1.82, 2.24) is 19.9 Å². The van der Waals surface area contributed by atoms with E-state index in [0.29, 0.717) is 0 Å². The van der Waals surface area contributed by atoms with Crippen molar-refractivity contribution in [3.63, 3.8) is 0 Å². The maximum atomic E-state index is 5.39. The van der Waals surface area contributed by atoms with Gasteiger partial charge in [-0.2, -0.15) is 0 Å². The Bertz CT molecular complexity index is 1290. The first-order valence-corrected chi connectivity index (χ1v) is 10.6. The van der Waals surface area contributed by atoms with Crippen molar-refractivity contribution >= 4 is 56.6 Å². The van der Waals surface area contributed by atoms with Gasteiger partial charge in [0.1, 0.15) is 0 Å². The summed E-state index contributed by atoms with van der Waals surface area (Å²) in [5.41, 5.74) is 14.0. The zero-order valence-electron chi connectivity index (χ0n) is 17.0. The van der Waals surface area contributed by atoms with E-state index in [4.69, 9.17) is 5.73 Å². The molecule has 2 aliphatic rings. The Morgan fingerprint density at radius 1 is 0.531 bits per heavy atom. The van der Waals surface area contributed by atoms with Crippen molar-refractivity contribution in [3.05, 3.63) is 95.6 Å². The molecule has 0 fully saturated rings. The van der Waals surface area contributed by atoms with E-state index < -0.39 is 0 Å². The van der Waals surface area contributed by atoms with Crippen molar-refractivity contribution in [2.75, 3.05) is 5.73 Å². The number of H-pyrrole nitrogens is 2. The summed E-state index contributed by atoms with van der Waals surface area (Å²) in [5, 5.41) is 0. The number of hydrogen-bond donors (Lipinski definition) is 3. The van der Waals surface area contributed by atoms with Crippen LogP contribution in [0.5, 0.6) is 0 Å². The molecule has 0 aliphatic carbocycles. The number of nitrogens with one attached hydrogen (secondary N) is 2. The van der Waals surface area contributed by atoms with E-state index in [1.54, 1.807) is 0 Å². The minimum atomic E-state index is 0.779. The summed E-state index contributed by atoms with van der Waals surface area (Å²) in [6.45, 7) is 0. The van der Waals surface area contributed by atoms with E-state index in [9.17, 15) is 0 Å². The normalized spacial score (nSPS) is 11.8. The summed E-state index contributed by atoms with van der Waals surface area (Å²) in [6.07, 6.45) is 8.09. The second-order valence-corrected chi connectivity index (χ2v) is 8.03. The number of aromatic amines is 2. The molecule has 6 heteroatoms. The van der Waals surface area contributed by atoms with Crippen molar-refractivity contribution < 1.29 is 15.7 Å². The third-order valence-electron chi connectivity index (χ3n) is 4.90. The Kier molecular flexibility index (Phi) is 5.45. The standard InChI is InChI=1S/C20H14N4.C6H6N.Co/c1-2-14-10-16-5-6-18(23-16)12-20-8-7-19(24-20)11-17-4-3-15(22-17)9-13(1)21-14;7-6-4-2-1-3-5-6;/h1-12,21,24H;2-5H,7H2;. The monoisotopic (exact) mass is 461 g/mol. The molecule has 0 spiro atoms. The number of nitrogens with two attached hydrogens (primary N) is 1. The van der Waals surface area contributed by atoms with Gasteiger partial charge in [-0.05, 0) is 72.8 Å². The van der Waals surface area contributed by atoms with Crippen LogP contribution in [0.2, 0.25) is 0 Å². The fourth-order valence-corrected chi connectivity index (χ4v) is 3.57. The summed E-state index contributed by atoms with van der Waals surface area (Å²) in [6, 6.07) is 23.7. The van der Waals surface area contributed by atoms with Crippen LogP contribution in [-0.4, -0.2) is 19.9 Å². The average molecular weight is 461 g/mol. The fourth-order valence-electron chi connectivity index (χ4n) is 3.40. The van der Waals surface area contributed by atoms with Crippen LogP contribution in [0.4, 0.5) is 5.69 Å². The van der Waals surface area contributed by atoms with Gasteiger partial charge in [-0.25, -0.2) is 9.97 Å². The molecule has 5 heterocycles. The van der Waals surface area contributed by atoms with Crippen LogP contribution in [0.15, 0.2) is 72.8 Å². The zero-order valence-corrected chi connectivity index (χ0v) is 18.1. The number of nitrogen functional groups attached to an aromatic ring is 1. The van der Waals surface area contributed by atoms with E-state index in [1.165, 1.54) is 0 Å². The van der Waals surface area contributed by atoms with Gasteiger partial charge in [-0.15, -0.1) is 0 Å². The third kappa shape index (κ3) is 4.88. The van der Waals surface area contributed by atoms with Gasteiger partial charge in [0.15, 0.2) is 0 Å². The Morgan fingerprint density at radius 2 is 0.875 bits per heavy atom. The third-order valence-corrected chi connectivity index (χ3v) is 5.24. The van der Waals surface area contributed by atoms with Crippen LogP contribution in [0.25, 0.3) is 46.4 Å². The summed E-state index contributed by atoms with van der Waals surface area (Å²) < 4.78 is 0.937. The molecule has 0 saturated heterocycles. The van der Waals surface area contributed by atoms with E-state index in [-0.39, 0.29) is 0 Å². The second-order valence-electron chi connectivity index (χ2n) is 7.43. The molecule has 4 N–H and O–H groups in total. The topological polar surface area (TPSA) is 83.4 Å². The van der Waals surface area contributed by atoms with Crippen LogP contribution in [-0.2, 0) is 15.7 Å². The molecule has 158 valence electrons. The average Bonchev–Trinajstić information content (AvgIpc) is 3.57. The molecule has 6 rings (SSSR count). The van der Waals surface area contributed by atoms with Crippen LogP contribution in [0.3, 0.4) is 0 Å². The van der Waals surface area contributed by atoms with Gasteiger partial charge in [0.2, 0.25) is 0 Å². The maximum absolute atomic E-state index is 5.39. The number of benzene rings is 1. The van der Waals surface area contributed by atoms with Gasteiger partial charge in [0.25, 0.3) is 0 Å². The Labute approximate surface area is 193 Å². The van der Waals surface area contributed by atoms with E-state index >= 15 is 0 Å². The Morgan fingerprint density at radius 3 is 1.19 bits per heavy atom. The molecule has 0 atom stereocenters. The van der Waals surface area contributed by atoms with E-state index in [0.717, 1.165) is 55.0 Å². The van der Waals surface area contributed by atoms with E-state index in [1.807, 2.05) is 72.8 Å². The van der Waals surface area contributed by atoms with Crippen molar-refractivity contribution in [2.24, 2.45) is 0 Å². The first-order valence-electron chi connectivity index (χ1n) is 10.1. The molecule has 0 radical (unpaired) electrons. The van der Waals surface area contributed by atoms with Gasteiger partial charge in [0.05, 0.1) is 22.8 Å². The fraction of sp³-hybridized carbons (Fsp3) is 0. The zero-order chi connectivity index (χ0) is 21.9. The molecular formula is C26H20CoN5. The number of hydrogen-bond acceptors (Lipinski definition) is 3. The van der Waals surface area contributed by atoms with Gasteiger partial charge in [-0.1, -0.05) is 0 Å². The van der Waals surface area contributed by atoms with Gasteiger partial charge >= 0.3 is 55.9 Å². The molecular weight excluding hydrogens is 441 g/mol. The van der Waals surface area contributed by atoms with Crippen LogP contribution in [0.1, 0.15) is 22.8 Å². The number of rotatable bonds is 0. The van der Waals surface area contributed by atoms with Crippen molar-refractivity contribution in [1.29, 1.82) is 0 Å². The molecule has 8 bridgehead atoms. The van der Waals surface area contributed by atoms with Crippen molar-refractivity contribution in [3.8, 4) is 0 Å². The summed E-state index contributed by atoms with van der Waals surface area (Å²) >= 11 is 4.12. The minimum absolute atomic E-state index is 0.779.